The van der Waals surface area contributed by atoms with E-state index in [-0.39, 0.29) is 5.97 Å². The molecule has 0 saturated carbocycles. The molecule has 0 fully saturated rings. The maximum Gasteiger partial charge on any atom is 0.344 e. The predicted octanol–water partition coefficient (Wildman–Crippen LogP) is 4.37. The van der Waals surface area contributed by atoms with E-state index < -0.39 is 0 Å². The minimum atomic E-state index is -0.365. The third kappa shape index (κ3) is 2.90. The summed E-state index contributed by atoms with van der Waals surface area (Å²) in [6, 6.07) is 16.8. The van der Waals surface area contributed by atoms with Crippen LogP contribution in [-0.2, 0) is 0 Å². The topological polar surface area (TPSA) is 39.2 Å². The monoisotopic (exact) mass is 389 g/mol. The number of halogens is 1. The summed E-state index contributed by atoms with van der Waals surface area (Å²) in [5, 5.41) is 0.952. The maximum atomic E-state index is 12.3. The molecule has 0 aliphatic rings. The zero-order chi connectivity index (χ0) is 14.8. The summed E-state index contributed by atoms with van der Waals surface area (Å²) < 4.78 is 6.41. The molecular formula is C17H12INO2. The van der Waals surface area contributed by atoms with Crippen LogP contribution in [0.15, 0.2) is 54.6 Å². The Labute approximate surface area is 136 Å². The number of esters is 1. The van der Waals surface area contributed by atoms with E-state index in [9.17, 15) is 4.79 Å². The number of aromatic nitrogens is 1. The number of ether oxygens (including phenoxy) is 1. The minimum Gasteiger partial charge on any atom is -0.421 e. The highest BCUT2D eigenvalue weighted by Crippen LogP contribution is 2.25. The zero-order valence-electron chi connectivity index (χ0n) is 11.3. The summed E-state index contributed by atoms with van der Waals surface area (Å²) in [6.45, 7) is 1.91. The quantitative estimate of drug-likeness (QED) is 0.371. The van der Waals surface area contributed by atoms with Crippen LogP contribution in [0.2, 0.25) is 0 Å². The number of para-hydroxylation sites is 1. The molecule has 0 saturated heterocycles. The number of hydrogen-bond acceptors (Lipinski definition) is 3. The molecule has 0 aliphatic carbocycles. The highest BCUT2D eigenvalue weighted by atomic mass is 127. The largest absolute Gasteiger partial charge is 0.421 e. The van der Waals surface area contributed by atoms with Crippen molar-refractivity contribution in [3.63, 3.8) is 0 Å². The van der Waals surface area contributed by atoms with Crippen LogP contribution in [0.1, 0.15) is 16.1 Å². The fourth-order valence-electron chi connectivity index (χ4n) is 2.08. The van der Waals surface area contributed by atoms with Gasteiger partial charge in [0.2, 0.25) is 0 Å². The van der Waals surface area contributed by atoms with Crippen LogP contribution in [0.25, 0.3) is 10.9 Å². The van der Waals surface area contributed by atoms with Crippen molar-refractivity contribution < 1.29 is 9.53 Å². The van der Waals surface area contributed by atoms with Crippen LogP contribution in [0.3, 0.4) is 0 Å². The second-order valence-electron chi connectivity index (χ2n) is 4.65. The molecule has 1 heterocycles. The van der Waals surface area contributed by atoms with E-state index in [1.54, 1.807) is 12.1 Å². The van der Waals surface area contributed by atoms with Gasteiger partial charge in [-0.25, -0.2) is 9.78 Å². The minimum absolute atomic E-state index is 0.365. The number of nitrogens with zero attached hydrogens (tertiary/aromatic N) is 1. The highest BCUT2D eigenvalue weighted by molar-refractivity contribution is 14.1. The van der Waals surface area contributed by atoms with Crippen molar-refractivity contribution in [1.82, 2.24) is 4.98 Å². The van der Waals surface area contributed by atoms with Gasteiger partial charge in [0.1, 0.15) is 5.52 Å². The second kappa shape index (κ2) is 5.81. The molecule has 4 heteroatoms. The lowest BCUT2D eigenvalue weighted by molar-refractivity contribution is 0.0735. The molecule has 3 aromatic rings. The Morgan fingerprint density at radius 2 is 1.86 bits per heavy atom. The smallest absolute Gasteiger partial charge is 0.344 e. The predicted molar refractivity (Wildman–Crippen MR) is 90.6 cm³/mol. The molecule has 3 rings (SSSR count). The molecule has 21 heavy (non-hydrogen) atoms. The summed E-state index contributed by atoms with van der Waals surface area (Å²) in [5.41, 5.74) is 2.15. The van der Waals surface area contributed by atoms with E-state index in [1.165, 1.54) is 0 Å². The molecule has 2 aromatic carbocycles. The maximum absolute atomic E-state index is 12.3. The van der Waals surface area contributed by atoms with Gasteiger partial charge < -0.3 is 4.74 Å². The van der Waals surface area contributed by atoms with Gasteiger partial charge in [0.15, 0.2) is 5.75 Å². The molecule has 104 valence electrons. The fraction of sp³-hybridized carbons (Fsp3) is 0.0588. The van der Waals surface area contributed by atoms with Crippen molar-refractivity contribution in [3.05, 3.63) is 69.4 Å². The molecular weight excluding hydrogens is 377 g/mol. The molecule has 0 bridgehead atoms. The highest BCUT2D eigenvalue weighted by Gasteiger charge is 2.14. The molecule has 1 aromatic heterocycles. The fourth-order valence-corrected chi connectivity index (χ4v) is 2.69. The molecule has 0 radical (unpaired) electrons. The number of carbonyl (C=O) groups excluding carboxylic acids is 1. The number of benzene rings is 2. The molecule has 0 N–H and O–H groups in total. The van der Waals surface area contributed by atoms with Crippen LogP contribution in [0, 0.1) is 10.5 Å². The van der Waals surface area contributed by atoms with E-state index >= 15 is 0 Å². The Balaban J connectivity index is 2.00. The summed E-state index contributed by atoms with van der Waals surface area (Å²) in [6.07, 6.45) is 0. The first kappa shape index (κ1) is 14.0. The van der Waals surface area contributed by atoms with Crippen molar-refractivity contribution in [2.75, 3.05) is 0 Å². The number of rotatable bonds is 2. The van der Waals surface area contributed by atoms with E-state index in [1.807, 2.05) is 49.4 Å². The number of aryl methyl sites for hydroxylation is 1. The second-order valence-corrected chi connectivity index (χ2v) is 5.81. The summed E-state index contributed by atoms with van der Waals surface area (Å²) >= 11 is 2.13. The first-order chi connectivity index (χ1) is 10.1. The Morgan fingerprint density at radius 3 is 2.67 bits per heavy atom. The van der Waals surface area contributed by atoms with Crippen molar-refractivity contribution in [3.8, 4) is 5.75 Å². The molecule has 0 amide bonds. The van der Waals surface area contributed by atoms with Gasteiger partial charge in [0.05, 0.1) is 5.56 Å². The average Bonchev–Trinajstić information content (AvgIpc) is 2.48. The van der Waals surface area contributed by atoms with Gasteiger partial charge in [0, 0.05) is 14.7 Å². The molecule has 0 unspecified atom stereocenters. The molecule has 3 nitrogen and oxygen atoms in total. The molecule has 0 spiro atoms. The van der Waals surface area contributed by atoms with E-state index in [2.05, 4.69) is 27.6 Å². The number of carbonyl (C=O) groups is 1. The van der Waals surface area contributed by atoms with Gasteiger partial charge in [-0.3, -0.25) is 0 Å². The Bertz CT molecular complexity index is 830. The van der Waals surface area contributed by atoms with Crippen LogP contribution in [0.5, 0.6) is 5.75 Å². The van der Waals surface area contributed by atoms with Gasteiger partial charge in [0.25, 0.3) is 0 Å². The third-order valence-electron chi connectivity index (χ3n) is 3.12. The SMILES string of the molecule is Cc1ccc2cccc(OC(=O)c3ccccc3I)c2n1. The number of fused-ring (bicyclic) bond motifs is 1. The lowest BCUT2D eigenvalue weighted by Crippen LogP contribution is -2.10. The van der Waals surface area contributed by atoms with Crippen LogP contribution in [-0.4, -0.2) is 11.0 Å². The van der Waals surface area contributed by atoms with Crippen LogP contribution < -0.4 is 4.74 Å². The van der Waals surface area contributed by atoms with Crippen molar-refractivity contribution in [2.24, 2.45) is 0 Å². The number of hydrogen-bond donors (Lipinski definition) is 0. The van der Waals surface area contributed by atoms with Crippen molar-refractivity contribution >= 4 is 39.5 Å². The van der Waals surface area contributed by atoms with E-state index in [0.717, 1.165) is 14.7 Å². The number of pyridine rings is 1. The normalized spacial score (nSPS) is 10.6. The summed E-state index contributed by atoms with van der Waals surface area (Å²) in [7, 11) is 0. The standard InChI is InChI=1S/C17H12INO2/c1-11-9-10-12-5-4-8-15(16(12)19-11)21-17(20)13-6-2-3-7-14(13)18/h2-10H,1H3. The Hall–Kier alpha value is -1.95. The van der Waals surface area contributed by atoms with Crippen molar-refractivity contribution in [1.29, 1.82) is 0 Å². The Morgan fingerprint density at radius 1 is 1.05 bits per heavy atom. The first-order valence-corrected chi connectivity index (χ1v) is 7.56. The van der Waals surface area contributed by atoms with Gasteiger partial charge >= 0.3 is 5.97 Å². The Kier molecular flexibility index (Phi) is 3.88. The van der Waals surface area contributed by atoms with Crippen molar-refractivity contribution in [2.45, 2.75) is 6.92 Å². The van der Waals surface area contributed by atoms with Gasteiger partial charge in [-0.2, -0.15) is 0 Å². The lowest BCUT2D eigenvalue weighted by Gasteiger charge is -2.08. The van der Waals surface area contributed by atoms with Gasteiger partial charge in [-0.1, -0.05) is 30.3 Å². The van der Waals surface area contributed by atoms with Gasteiger partial charge in [-0.15, -0.1) is 0 Å². The van der Waals surface area contributed by atoms with Crippen LogP contribution in [0.4, 0.5) is 0 Å². The average molecular weight is 389 g/mol. The third-order valence-corrected chi connectivity index (χ3v) is 4.06. The van der Waals surface area contributed by atoms with E-state index in [0.29, 0.717) is 16.8 Å². The lowest BCUT2D eigenvalue weighted by atomic mass is 10.2. The van der Waals surface area contributed by atoms with E-state index in [4.69, 9.17) is 4.74 Å². The summed E-state index contributed by atoms with van der Waals surface area (Å²) in [4.78, 5) is 16.8. The molecule has 0 atom stereocenters. The first-order valence-electron chi connectivity index (χ1n) is 6.48. The van der Waals surface area contributed by atoms with Gasteiger partial charge in [-0.05, 0) is 53.8 Å². The zero-order valence-corrected chi connectivity index (χ0v) is 13.5. The van der Waals surface area contributed by atoms with Crippen LogP contribution >= 0.6 is 22.6 Å². The molecule has 0 aliphatic heterocycles. The summed E-state index contributed by atoms with van der Waals surface area (Å²) in [5.74, 6) is 0.122.